The molecular weight excluding hydrogens is 384 g/mol. The molecular formula is C28H30O3. The Hall–Kier alpha value is -3.07. The molecule has 160 valence electrons. The van der Waals surface area contributed by atoms with E-state index in [1.54, 1.807) is 0 Å². The quantitative estimate of drug-likeness (QED) is 0.381. The highest BCUT2D eigenvalue weighted by atomic mass is 16.5. The Balaban J connectivity index is 1.57. The summed E-state index contributed by atoms with van der Waals surface area (Å²) in [6, 6.07) is 23.6. The molecule has 1 aliphatic carbocycles. The third-order valence-electron chi connectivity index (χ3n) is 6.04. The lowest BCUT2D eigenvalue weighted by Gasteiger charge is -2.23. The average Bonchev–Trinajstić information content (AvgIpc) is 2.81. The van der Waals surface area contributed by atoms with Gasteiger partial charge in [-0.25, -0.2) is 4.79 Å². The van der Waals surface area contributed by atoms with Crippen molar-refractivity contribution >= 4 is 5.97 Å². The molecule has 1 fully saturated rings. The van der Waals surface area contributed by atoms with Gasteiger partial charge in [0.25, 0.3) is 0 Å². The lowest BCUT2D eigenvalue weighted by atomic mass is 9.84. The van der Waals surface area contributed by atoms with Crippen molar-refractivity contribution in [3.05, 3.63) is 95.1 Å². The molecule has 0 N–H and O–H groups in total. The maximum atomic E-state index is 12.9. The van der Waals surface area contributed by atoms with E-state index in [-0.39, 0.29) is 12.6 Å². The van der Waals surface area contributed by atoms with Crippen LogP contribution in [0.15, 0.2) is 72.8 Å². The molecule has 4 rings (SSSR count). The van der Waals surface area contributed by atoms with E-state index in [4.69, 9.17) is 9.47 Å². The fourth-order valence-electron chi connectivity index (χ4n) is 4.32. The number of hydrogen-bond acceptors (Lipinski definition) is 3. The molecule has 3 aromatic carbocycles. The molecule has 0 heterocycles. The molecule has 0 amide bonds. The van der Waals surface area contributed by atoms with Gasteiger partial charge >= 0.3 is 5.97 Å². The highest BCUT2D eigenvalue weighted by Gasteiger charge is 2.20. The Labute approximate surface area is 185 Å². The van der Waals surface area contributed by atoms with E-state index in [0.717, 1.165) is 34.6 Å². The summed E-state index contributed by atoms with van der Waals surface area (Å²) in [5.41, 5.74) is 3.58. The van der Waals surface area contributed by atoms with Gasteiger partial charge < -0.3 is 9.47 Å². The molecule has 0 aromatic heterocycles. The summed E-state index contributed by atoms with van der Waals surface area (Å²) in [4.78, 5) is 12.9. The predicted octanol–water partition coefficient (Wildman–Crippen LogP) is 7.27. The van der Waals surface area contributed by atoms with E-state index >= 15 is 0 Å². The molecule has 0 bridgehead atoms. The van der Waals surface area contributed by atoms with Crippen molar-refractivity contribution in [2.24, 2.45) is 5.92 Å². The van der Waals surface area contributed by atoms with Crippen molar-refractivity contribution in [1.29, 1.82) is 0 Å². The maximum absolute atomic E-state index is 12.9. The molecule has 0 spiro atoms. The Morgan fingerprint density at radius 3 is 2.29 bits per heavy atom. The molecule has 31 heavy (non-hydrogen) atoms. The highest BCUT2D eigenvalue weighted by molar-refractivity contribution is 5.91. The first-order valence-electron chi connectivity index (χ1n) is 11.3. The van der Waals surface area contributed by atoms with Crippen molar-refractivity contribution in [2.75, 3.05) is 0 Å². The first-order valence-corrected chi connectivity index (χ1v) is 11.3. The van der Waals surface area contributed by atoms with Crippen LogP contribution in [0.3, 0.4) is 0 Å². The number of aryl methyl sites for hydroxylation is 1. The summed E-state index contributed by atoms with van der Waals surface area (Å²) < 4.78 is 11.9. The minimum absolute atomic E-state index is 0.277. The third-order valence-corrected chi connectivity index (χ3v) is 6.04. The van der Waals surface area contributed by atoms with Crippen LogP contribution in [0.2, 0.25) is 0 Å². The summed E-state index contributed by atoms with van der Waals surface area (Å²) in [7, 11) is 0. The lowest BCUT2D eigenvalue weighted by Crippen LogP contribution is -2.12. The Kier molecular flexibility index (Phi) is 7.03. The Morgan fingerprint density at radius 2 is 1.58 bits per heavy atom. The zero-order valence-electron chi connectivity index (χ0n) is 18.2. The van der Waals surface area contributed by atoms with E-state index in [9.17, 15) is 4.79 Å². The number of hydrogen-bond donors (Lipinski definition) is 0. The van der Waals surface area contributed by atoms with Crippen LogP contribution < -0.4 is 4.74 Å². The van der Waals surface area contributed by atoms with Crippen LogP contribution in [-0.2, 0) is 17.8 Å². The number of carbonyl (C=O) groups is 1. The van der Waals surface area contributed by atoms with Crippen LogP contribution in [0, 0.1) is 12.8 Å². The van der Waals surface area contributed by atoms with Gasteiger partial charge in [-0.3, -0.25) is 0 Å². The SMILES string of the molecule is Cc1cc(Oc2ccccc2)c(CC2CCCCC2)cc1C(=O)OCc1ccccc1. The van der Waals surface area contributed by atoms with Gasteiger partial charge in [0, 0.05) is 0 Å². The van der Waals surface area contributed by atoms with Crippen LogP contribution in [0.4, 0.5) is 0 Å². The van der Waals surface area contributed by atoms with Crippen molar-refractivity contribution in [1.82, 2.24) is 0 Å². The number of rotatable bonds is 7. The fraction of sp³-hybridized carbons (Fsp3) is 0.321. The lowest BCUT2D eigenvalue weighted by molar-refractivity contribution is 0.0471. The molecule has 0 radical (unpaired) electrons. The molecule has 0 saturated heterocycles. The van der Waals surface area contributed by atoms with E-state index in [1.165, 1.54) is 32.1 Å². The maximum Gasteiger partial charge on any atom is 0.338 e. The van der Waals surface area contributed by atoms with Gasteiger partial charge in [0.05, 0.1) is 5.56 Å². The number of para-hydroxylation sites is 1. The smallest absolute Gasteiger partial charge is 0.338 e. The van der Waals surface area contributed by atoms with Crippen molar-refractivity contribution in [3.8, 4) is 11.5 Å². The highest BCUT2D eigenvalue weighted by Crippen LogP contribution is 2.34. The van der Waals surface area contributed by atoms with Gasteiger partial charge in [-0.15, -0.1) is 0 Å². The summed E-state index contributed by atoms with van der Waals surface area (Å²) in [6.45, 7) is 2.22. The predicted molar refractivity (Wildman–Crippen MR) is 124 cm³/mol. The Morgan fingerprint density at radius 1 is 0.903 bits per heavy atom. The van der Waals surface area contributed by atoms with E-state index in [0.29, 0.717) is 11.5 Å². The van der Waals surface area contributed by atoms with E-state index in [1.807, 2.05) is 79.7 Å². The van der Waals surface area contributed by atoms with Crippen molar-refractivity contribution in [2.45, 2.75) is 52.1 Å². The number of ether oxygens (including phenoxy) is 2. The summed E-state index contributed by atoms with van der Waals surface area (Å²) in [5.74, 6) is 2.01. The molecule has 0 aliphatic heterocycles. The molecule has 1 saturated carbocycles. The molecule has 1 aliphatic rings. The summed E-state index contributed by atoms with van der Waals surface area (Å²) in [6.07, 6.45) is 7.32. The third kappa shape index (κ3) is 5.75. The van der Waals surface area contributed by atoms with Crippen LogP contribution in [0.25, 0.3) is 0 Å². The monoisotopic (exact) mass is 414 g/mol. The van der Waals surface area contributed by atoms with Crippen molar-refractivity contribution in [3.63, 3.8) is 0 Å². The zero-order valence-corrected chi connectivity index (χ0v) is 18.2. The van der Waals surface area contributed by atoms with Crippen LogP contribution in [0.5, 0.6) is 11.5 Å². The molecule has 3 heteroatoms. The van der Waals surface area contributed by atoms with Crippen LogP contribution >= 0.6 is 0 Å². The van der Waals surface area contributed by atoms with Gasteiger partial charge in [-0.1, -0.05) is 80.6 Å². The minimum atomic E-state index is -0.280. The molecule has 0 unspecified atom stereocenters. The second kappa shape index (κ2) is 10.3. The fourth-order valence-corrected chi connectivity index (χ4v) is 4.32. The minimum Gasteiger partial charge on any atom is -0.457 e. The average molecular weight is 415 g/mol. The number of carbonyl (C=O) groups excluding carboxylic acids is 1. The number of benzene rings is 3. The largest absolute Gasteiger partial charge is 0.457 e. The van der Waals surface area contributed by atoms with E-state index < -0.39 is 0 Å². The van der Waals surface area contributed by atoms with Gasteiger partial charge in [-0.05, 0) is 60.2 Å². The molecule has 3 nitrogen and oxygen atoms in total. The van der Waals surface area contributed by atoms with E-state index in [2.05, 4.69) is 0 Å². The summed E-state index contributed by atoms with van der Waals surface area (Å²) >= 11 is 0. The van der Waals surface area contributed by atoms with Gasteiger partial charge in [-0.2, -0.15) is 0 Å². The zero-order chi connectivity index (χ0) is 21.5. The second-order valence-electron chi connectivity index (χ2n) is 8.46. The Bertz CT molecular complexity index is 990. The van der Waals surface area contributed by atoms with Gasteiger partial charge in [0.2, 0.25) is 0 Å². The first kappa shape index (κ1) is 21.2. The molecule has 0 atom stereocenters. The second-order valence-corrected chi connectivity index (χ2v) is 8.46. The first-order chi connectivity index (χ1) is 15.2. The van der Waals surface area contributed by atoms with Gasteiger partial charge in [0.15, 0.2) is 0 Å². The normalized spacial score (nSPS) is 14.2. The standard InChI is InChI=1S/C28H30O3/c1-21-17-27(31-25-15-9-4-10-16-25)24(18-22-11-5-2-6-12-22)19-26(21)28(29)30-20-23-13-7-3-8-14-23/h3-4,7-10,13-17,19,22H,2,5-6,11-12,18,20H2,1H3. The van der Waals surface area contributed by atoms with Gasteiger partial charge in [0.1, 0.15) is 18.1 Å². The van der Waals surface area contributed by atoms with Crippen LogP contribution in [0.1, 0.15) is 59.2 Å². The summed E-state index contributed by atoms with van der Waals surface area (Å²) in [5, 5.41) is 0. The van der Waals surface area contributed by atoms with Crippen molar-refractivity contribution < 1.29 is 14.3 Å². The molecule has 3 aromatic rings. The van der Waals surface area contributed by atoms with Crippen LogP contribution in [-0.4, -0.2) is 5.97 Å². The number of esters is 1. The topological polar surface area (TPSA) is 35.5 Å².